The van der Waals surface area contributed by atoms with E-state index in [1.807, 2.05) is 0 Å². The van der Waals surface area contributed by atoms with Crippen molar-refractivity contribution in [3.8, 4) is 5.75 Å². The summed E-state index contributed by atoms with van der Waals surface area (Å²) in [6.45, 7) is 0.822. The summed E-state index contributed by atoms with van der Waals surface area (Å²) in [5.74, 6) is 1.05. The van der Waals surface area contributed by atoms with E-state index >= 15 is 0 Å². The molecule has 1 saturated carbocycles. The van der Waals surface area contributed by atoms with Crippen LogP contribution in [0.4, 0.5) is 0 Å². The molecule has 0 aromatic heterocycles. The molecule has 2 aliphatic rings. The largest absolute Gasteiger partial charge is 0.493 e. The number of fused-ring (bicyclic) bond motifs is 1. The van der Waals surface area contributed by atoms with Gasteiger partial charge in [0.1, 0.15) is 5.75 Å². The Hall–Kier alpha value is -1.02. The second-order valence-corrected chi connectivity index (χ2v) is 5.47. The number of hydrogen-bond donors (Lipinski definition) is 1. The Morgan fingerprint density at radius 2 is 2.06 bits per heavy atom. The molecule has 1 aliphatic heterocycles. The number of benzene rings is 1. The predicted octanol–water partition coefficient (Wildman–Crippen LogP) is 2.86. The maximum Gasteiger partial charge on any atom is 0.122 e. The molecule has 0 atom stereocenters. The highest BCUT2D eigenvalue weighted by molar-refractivity contribution is 5.39. The van der Waals surface area contributed by atoms with E-state index in [0.29, 0.717) is 0 Å². The zero-order chi connectivity index (χ0) is 11.7. The monoisotopic (exact) mass is 232 g/mol. The molecule has 2 nitrogen and oxygen atoms in total. The molecule has 0 bridgehead atoms. The molecule has 92 valence electrons. The van der Waals surface area contributed by atoms with E-state index in [0.717, 1.165) is 44.5 Å². The maximum atomic E-state index is 10.3. The number of aryl methyl sites for hydroxylation is 1. The lowest BCUT2D eigenvalue weighted by Gasteiger charge is -2.21. The van der Waals surface area contributed by atoms with E-state index in [2.05, 4.69) is 18.2 Å². The van der Waals surface area contributed by atoms with Gasteiger partial charge in [0.15, 0.2) is 0 Å². The molecule has 1 N–H and O–H groups in total. The summed E-state index contributed by atoms with van der Waals surface area (Å²) < 4.78 is 5.50. The van der Waals surface area contributed by atoms with Crippen molar-refractivity contribution in [2.75, 3.05) is 6.61 Å². The van der Waals surface area contributed by atoms with Crippen LogP contribution in [0.25, 0.3) is 0 Å². The van der Waals surface area contributed by atoms with Crippen molar-refractivity contribution in [3.05, 3.63) is 29.3 Å². The summed E-state index contributed by atoms with van der Waals surface area (Å²) in [5, 5.41) is 10.3. The minimum atomic E-state index is -0.379. The van der Waals surface area contributed by atoms with E-state index in [9.17, 15) is 5.11 Å². The average Bonchev–Trinajstić information content (AvgIpc) is 2.95. The molecule has 1 aliphatic carbocycles. The molecule has 1 fully saturated rings. The molecule has 0 saturated heterocycles. The minimum Gasteiger partial charge on any atom is -0.493 e. The van der Waals surface area contributed by atoms with E-state index in [1.54, 1.807) is 0 Å². The first-order chi connectivity index (χ1) is 8.25. The Morgan fingerprint density at radius 1 is 1.24 bits per heavy atom. The van der Waals surface area contributed by atoms with Gasteiger partial charge in [-0.05, 0) is 42.9 Å². The molecule has 0 amide bonds. The summed E-state index contributed by atoms with van der Waals surface area (Å²) in [6, 6.07) is 6.47. The van der Waals surface area contributed by atoms with Gasteiger partial charge in [0.25, 0.3) is 0 Å². The second kappa shape index (κ2) is 4.34. The third-order valence-corrected chi connectivity index (χ3v) is 4.17. The number of hydrogen-bond acceptors (Lipinski definition) is 2. The first kappa shape index (κ1) is 11.1. The predicted molar refractivity (Wildman–Crippen MR) is 67.4 cm³/mol. The van der Waals surface area contributed by atoms with Crippen LogP contribution in [-0.2, 0) is 12.8 Å². The summed E-state index contributed by atoms with van der Waals surface area (Å²) in [5.41, 5.74) is 2.30. The Bertz CT molecular complexity index is 405. The minimum absolute atomic E-state index is 0.379. The van der Waals surface area contributed by atoms with Crippen molar-refractivity contribution >= 4 is 0 Å². The normalized spacial score (nSPS) is 21.2. The lowest BCUT2D eigenvalue weighted by Crippen LogP contribution is -2.24. The van der Waals surface area contributed by atoms with Gasteiger partial charge >= 0.3 is 0 Å². The van der Waals surface area contributed by atoms with E-state index < -0.39 is 0 Å². The van der Waals surface area contributed by atoms with Crippen molar-refractivity contribution in [1.82, 2.24) is 0 Å². The van der Waals surface area contributed by atoms with Gasteiger partial charge in [0, 0.05) is 6.42 Å². The second-order valence-electron chi connectivity index (χ2n) is 5.47. The topological polar surface area (TPSA) is 29.5 Å². The van der Waals surface area contributed by atoms with Crippen molar-refractivity contribution < 1.29 is 9.84 Å². The van der Waals surface area contributed by atoms with Crippen LogP contribution in [-0.4, -0.2) is 17.3 Å². The Labute approximate surface area is 103 Å². The molecule has 1 aromatic rings. The van der Waals surface area contributed by atoms with Crippen LogP contribution in [0.3, 0.4) is 0 Å². The third kappa shape index (κ3) is 2.32. The zero-order valence-electron chi connectivity index (χ0n) is 10.2. The quantitative estimate of drug-likeness (QED) is 0.868. The average molecular weight is 232 g/mol. The van der Waals surface area contributed by atoms with Gasteiger partial charge in [0.05, 0.1) is 12.2 Å². The fourth-order valence-corrected chi connectivity index (χ4v) is 3.06. The molecule has 0 unspecified atom stereocenters. The molecule has 0 spiro atoms. The standard InChI is InChI=1S/C15H20O2/c16-15(7-1-2-8-15)9-5-12-3-4-14-13(11-12)6-10-17-14/h3-4,11,16H,1-2,5-10H2. The molecule has 0 radical (unpaired) electrons. The highest BCUT2D eigenvalue weighted by Gasteiger charge is 2.30. The first-order valence-corrected chi connectivity index (χ1v) is 6.72. The lowest BCUT2D eigenvalue weighted by molar-refractivity contribution is 0.0391. The summed E-state index contributed by atoms with van der Waals surface area (Å²) in [4.78, 5) is 0. The molecular formula is C15H20O2. The van der Waals surface area contributed by atoms with Crippen LogP contribution in [0.15, 0.2) is 18.2 Å². The fraction of sp³-hybridized carbons (Fsp3) is 0.600. The SMILES string of the molecule is OC1(CCc2ccc3c(c2)CCO3)CCCC1. The van der Waals surface area contributed by atoms with Crippen molar-refractivity contribution in [3.63, 3.8) is 0 Å². The highest BCUT2D eigenvalue weighted by atomic mass is 16.5. The Kier molecular flexibility index (Phi) is 2.83. The van der Waals surface area contributed by atoms with Gasteiger partial charge < -0.3 is 9.84 Å². The van der Waals surface area contributed by atoms with Crippen LogP contribution in [0.2, 0.25) is 0 Å². The summed E-state index contributed by atoms with van der Waals surface area (Å²) >= 11 is 0. The first-order valence-electron chi connectivity index (χ1n) is 6.72. The number of rotatable bonds is 3. The van der Waals surface area contributed by atoms with Crippen LogP contribution in [0.5, 0.6) is 5.75 Å². The summed E-state index contributed by atoms with van der Waals surface area (Å²) in [6.07, 6.45) is 7.29. The molecule has 2 heteroatoms. The van der Waals surface area contributed by atoms with Crippen LogP contribution in [0, 0.1) is 0 Å². The van der Waals surface area contributed by atoms with Gasteiger partial charge in [-0.25, -0.2) is 0 Å². The van der Waals surface area contributed by atoms with Crippen LogP contribution < -0.4 is 4.74 Å². The van der Waals surface area contributed by atoms with Gasteiger partial charge in [-0.2, -0.15) is 0 Å². The van der Waals surface area contributed by atoms with Gasteiger partial charge in [-0.1, -0.05) is 25.0 Å². The summed E-state index contributed by atoms with van der Waals surface area (Å²) in [7, 11) is 0. The van der Waals surface area contributed by atoms with Gasteiger partial charge in [0.2, 0.25) is 0 Å². The van der Waals surface area contributed by atoms with Crippen molar-refractivity contribution in [2.24, 2.45) is 0 Å². The lowest BCUT2D eigenvalue weighted by atomic mass is 9.93. The Morgan fingerprint density at radius 3 is 2.88 bits per heavy atom. The number of aliphatic hydroxyl groups is 1. The zero-order valence-corrected chi connectivity index (χ0v) is 10.2. The van der Waals surface area contributed by atoms with Crippen molar-refractivity contribution in [1.29, 1.82) is 0 Å². The van der Waals surface area contributed by atoms with Crippen LogP contribution in [0.1, 0.15) is 43.2 Å². The fourth-order valence-electron chi connectivity index (χ4n) is 3.06. The van der Waals surface area contributed by atoms with E-state index in [4.69, 9.17) is 4.74 Å². The van der Waals surface area contributed by atoms with Crippen molar-refractivity contribution in [2.45, 2.75) is 50.5 Å². The smallest absolute Gasteiger partial charge is 0.122 e. The molecule has 3 rings (SSSR count). The van der Waals surface area contributed by atoms with Gasteiger partial charge in [-0.3, -0.25) is 0 Å². The van der Waals surface area contributed by atoms with Gasteiger partial charge in [-0.15, -0.1) is 0 Å². The molecule has 1 aromatic carbocycles. The third-order valence-electron chi connectivity index (χ3n) is 4.17. The molecule has 17 heavy (non-hydrogen) atoms. The van der Waals surface area contributed by atoms with E-state index in [1.165, 1.54) is 24.0 Å². The number of ether oxygens (including phenoxy) is 1. The highest BCUT2D eigenvalue weighted by Crippen LogP contribution is 2.34. The molecule has 1 heterocycles. The maximum absolute atomic E-state index is 10.3. The Balaban J connectivity index is 1.65. The molecular weight excluding hydrogens is 212 g/mol. The van der Waals surface area contributed by atoms with E-state index in [-0.39, 0.29) is 5.60 Å². The van der Waals surface area contributed by atoms with Crippen LogP contribution >= 0.6 is 0 Å².